The quantitative estimate of drug-likeness (QED) is 0.427. The zero-order valence-electron chi connectivity index (χ0n) is 19.5. The van der Waals surface area contributed by atoms with Crippen molar-refractivity contribution in [3.05, 3.63) is 58.7 Å². The first kappa shape index (κ1) is 22.6. The molecule has 1 unspecified atom stereocenters. The summed E-state index contributed by atoms with van der Waals surface area (Å²) >= 11 is 0. The minimum absolute atomic E-state index is 0.236. The zero-order valence-corrected chi connectivity index (χ0v) is 19.5. The van der Waals surface area contributed by atoms with E-state index in [1.165, 1.54) is 16.8 Å². The highest BCUT2D eigenvalue weighted by atomic mass is 16.3. The SMILES string of the molecule is CCNC(=NCCc1coc(-c2ccc(C)cc2)n1)NC(C)Cc1c(C)nn(C)c1C. The van der Waals surface area contributed by atoms with Gasteiger partial charge in [0.2, 0.25) is 5.89 Å². The van der Waals surface area contributed by atoms with Gasteiger partial charge < -0.3 is 15.1 Å². The number of guanidine groups is 1. The molecule has 3 aromatic rings. The summed E-state index contributed by atoms with van der Waals surface area (Å²) in [5, 5.41) is 11.4. The van der Waals surface area contributed by atoms with Crippen molar-refractivity contribution in [2.24, 2.45) is 12.0 Å². The summed E-state index contributed by atoms with van der Waals surface area (Å²) in [6, 6.07) is 8.42. The van der Waals surface area contributed by atoms with E-state index >= 15 is 0 Å². The Balaban J connectivity index is 1.57. The van der Waals surface area contributed by atoms with Crippen LogP contribution in [0.4, 0.5) is 0 Å². The van der Waals surface area contributed by atoms with Crippen LogP contribution in [0.15, 0.2) is 39.9 Å². The van der Waals surface area contributed by atoms with Crippen molar-refractivity contribution >= 4 is 5.96 Å². The van der Waals surface area contributed by atoms with Gasteiger partial charge >= 0.3 is 0 Å². The molecule has 31 heavy (non-hydrogen) atoms. The van der Waals surface area contributed by atoms with Crippen LogP contribution in [0.25, 0.3) is 11.5 Å². The lowest BCUT2D eigenvalue weighted by atomic mass is 10.1. The van der Waals surface area contributed by atoms with Gasteiger partial charge in [0.05, 0.1) is 11.4 Å². The third-order valence-corrected chi connectivity index (χ3v) is 5.38. The number of nitrogens with one attached hydrogen (secondary N) is 2. The average Bonchev–Trinajstić information content (AvgIpc) is 3.29. The molecule has 0 aliphatic rings. The molecule has 0 bridgehead atoms. The number of oxazole rings is 1. The Kier molecular flexibility index (Phi) is 7.50. The Morgan fingerprint density at radius 3 is 2.58 bits per heavy atom. The van der Waals surface area contributed by atoms with Gasteiger partial charge in [0.1, 0.15) is 6.26 Å². The lowest BCUT2D eigenvalue weighted by Gasteiger charge is -2.18. The van der Waals surface area contributed by atoms with E-state index in [1.807, 2.05) is 23.9 Å². The summed E-state index contributed by atoms with van der Waals surface area (Å²) in [4.78, 5) is 9.33. The first-order valence-corrected chi connectivity index (χ1v) is 10.9. The van der Waals surface area contributed by atoms with E-state index < -0.39 is 0 Å². The van der Waals surface area contributed by atoms with E-state index in [9.17, 15) is 0 Å². The van der Waals surface area contributed by atoms with E-state index in [1.54, 1.807) is 6.26 Å². The highest BCUT2D eigenvalue weighted by Gasteiger charge is 2.14. The van der Waals surface area contributed by atoms with Gasteiger partial charge in [-0.2, -0.15) is 5.10 Å². The summed E-state index contributed by atoms with van der Waals surface area (Å²) in [6.45, 7) is 11.9. The first-order valence-electron chi connectivity index (χ1n) is 10.9. The van der Waals surface area contributed by atoms with Crippen LogP contribution in [0.3, 0.4) is 0 Å². The van der Waals surface area contributed by atoms with Gasteiger partial charge in [0.25, 0.3) is 0 Å². The topological polar surface area (TPSA) is 80.3 Å². The van der Waals surface area contributed by atoms with Crippen molar-refractivity contribution < 1.29 is 4.42 Å². The number of nitrogens with zero attached hydrogens (tertiary/aromatic N) is 4. The molecule has 0 spiro atoms. The average molecular weight is 423 g/mol. The number of aryl methyl sites for hydroxylation is 3. The summed E-state index contributed by atoms with van der Waals surface area (Å²) in [5.41, 5.74) is 6.71. The van der Waals surface area contributed by atoms with E-state index in [0.717, 1.165) is 42.3 Å². The Morgan fingerprint density at radius 1 is 1.19 bits per heavy atom. The lowest BCUT2D eigenvalue weighted by molar-refractivity contribution is 0.572. The molecule has 0 radical (unpaired) electrons. The fourth-order valence-electron chi connectivity index (χ4n) is 3.56. The molecular weight excluding hydrogens is 388 g/mol. The zero-order chi connectivity index (χ0) is 22.4. The summed E-state index contributed by atoms with van der Waals surface area (Å²) in [7, 11) is 1.99. The number of aliphatic imine (C=N–C) groups is 1. The molecule has 7 nitrogen and oxygen atoms in total. The van der Waals surface area contributed by atoms with Gasteiger partial charge in [-0.15, -0.1) is 0 Å². The van der Waals surface area contributed by atoms with E-state index in [0.29, 0.717) is 12.4 Å². The molecule has 7 heteroatoms. The second kappa shape index (κ2) is 10.3. The van der Waals surface area contributed by atoms with Crippen LogP contribution >= 0.6 is 0 Å². The van der Waals surface area contributed by atoms with Crippen molar-refractivity contribution in [1.29, 1.82) is 0 Å². The third kappa shape index (κ3) is 5.96. The number of hydrogen-bond donors (Lipinski definition) is 2. The molecule has 3 rings (SSSR count). The Morgan fingerprint density at radius 2 is 1.94 bits per heavy atom. The molecule has 2 aromatic heterocycles. The molecule has 0 saturated heterocycles. The van der Waals surface area contributed by atoms with E-state index in [4.69, 9.17) is 9.41 Å². The fraction of sp³-hybridized carbons (Fsp3) is 0.458. The monoisotopic (exact) mass is 422 g/mol. The van der Waals surface area contributed by atoms with Crippen molar-refractivity contribution in [3.8, 4) is 11.5 Å². The van der Waals surface area contributed by atoms with Crippen LogP contribution in [-0.2, 0) is 19.9 Å². The van der Waals surface area contributed by atoms with Gasteiger partial charge in [0, 0.05) is 43.9 Å². The van der Waals surface area contributed by atoms with Crippen molar-refractivity contribution in [2.75, 3.05) is 13.1 Å². The van der Waals surface area contributed by atoms with Crippen molar-refractivity contribution in [2.45, 2.75) is 53.5 Å². The van der Waals surface area contributed by atoms with Gasteiger partial charge in [-0.05, 0) is 58.7 Å². The summed E-state index contributed by atoms with van der Waals surface area (Å²) in [6.07, 6.45) is 3.35. The van der Waals surface area contributed by atoms with Crippen LogP contribution in [0.2, 0.25) is 0 Å². The predicted octanol–water partition coefficient (Wildman–Crippen LogP) is 3.73. The number of aromatic nitrogens is 3. The number of rotatable bonds is 8. The van der Waals surface area contributed by atoms with Crippen LogP contribution in [-0.4, -0.2) is 39.9 Å². The van der Waals surface area contributed by atoms with Gasteiger partial charge in [-0.25, -0.2) is 4.98 Å². The second-order valence-corrected chi connectivity index (χ2v) is 8.04. The van der Waals surface area contributed by atoms with Crippen LogP contribution < -0.4 is 10.6 Å². The molecule has 0 saturated carbocycles. The molecule has 0 aliphatic heterocycles. The number of hydrogen-bond acceptors (Lipinski definition) is 4. The molecule has 0 amide bonds. The smallest absolute Gasteiger partial charge is 0.226 e. The van der Waals surface area contributed by atoms with E-state index in [2.05, 4.69) is 67.5 Å². The number of benzene rings is 1. The molecule has 2 heterocycles. The van der Waals surface area contributed by atoms with Gasteiger partial charge in [0.15, 0.2) is 5.96 Å². The first-order chi connectivity index (χ1) is 14.9. The van der Waals surface area contributed by atoms with E-state index in [-0.39, 0.29) is 6.04 Å². The van der Waals surface area contributed by atoms with Crippen LogP contribution in [0.5, 0.6) is 0 Å². The highest BCUT2D eigenvalue weighted by molar-refractivity contribution is 5.80. The lowest BCUT2D eigenvalue weighted by Crippen LogP contribution is -2.43. The minimum Gasteiger partial charge on any atom is -0.444 e. The Bertz CT molecular complexity index is 1020. The molecule has 2 N–H and O–H groups in total. The van der Waals surface area contributed by atoms with Crippen LogP contribution in [0, 0.1) is 20.8 Å². The summed E-state index contributed by atoms with van der Waals surface area (Å²) in [5.74, 6) is 1.47. The molecule has 0 fully saturated rings. The van der Waals surface area contributed by atoms with Gasteiger partial charge in [-0.1, -0.05) is 17.7 Å². The second-order valence-electron chi connectivity index (χ2n) is 8.04. The highest BCUT2D eigenvalue weighted by Crippen LogP contribution is 2.19. The molecule has 1 aromatic carbocycles. The van der Waals surface area contributed by atoms with Gasteiger partial charge in [-0.3, -0.25) is 9.67 Å². The molecule has 0 aliphatic carbocycles. The summed E-state index contributed by atoms with van der Waals surface area (Å²) < 4.78 is 7.60. The third-order valence-electron chi connectivity index (χ3n) is 5.38. The molecule has 1 atom stereocenters. The Hall–Kier alpha value is -3.09. The van der Waals surface area contributed by atoms with Crippen LogP contribution in [0.1, 0.15) is 42.1 Å². The largest absolute Gasteiger partial charge is 0.444 e. The molecule has 166 valence electrons. The van der Waals surface area contributed by atoms with Crippen molar-refractivity contribution in [3.63, 3.8) is 0 Å². The maximum atomic E-state index is 5.65. The molecular formula is C24H34N6O. The standard InChI is InChI=1S/C24H34N6O/c1-7-25-24(27-17(3)14-22-18(4)29-30(6)19(22)5)26-13-12-21-15-31-23(28-21)20-10-8-16(2)9-11-20/h8-11,15,17H,7,12-14H2,1-6H3,(H2,25,26,27). The van der Waals surface area contributed by atoms with Crippen molar-refractivity contribution in [1.82, 2.24) is 25.4 Å². The fourth-order valence-corrected chi connectivity index (χ4v) is 3.56. The maximum absolute atomic E-state index is 5.65. The Labute approximate surface area is 185 Å². The normalized spacial score (nSPS) is 12.8. The minimum atomic E-state index is 0.236. The predicted molar refractivity (Wildman–Crippen MR) is 125 cm³/mol. The maximum Gasteiger partial charge on any atom is 0.226 e.